The van der Waals surface area contributed by atoms with Crippen LogP contribution < -0.4 is 15.5 Å². The minimum absolute atomic E-state index is 0.0404. The number of carbonyl (C=O) groups excluding carboxylic acids is 1. The van der Waals surface area contributed by atoms with Crippen LogP contribution in [0.4, 0.5) is 16.2 Å². The van der Waals surface area contributed by atoms with Crippen molar-refractivity contribution in [2.45, 2.75) is 45.7 Å². The fourth-order valence-corrected chi connectivity index (χ4v) is 1.96. The van der Waals surface area contributed by atoms with Crippen LogP contribution in [0.3, 0.4) is 0 Å². The highest BCUT2D eigenvalue weighted by Crippen LogP contribution is 2.20. The van der Waals surface area contributed by atoms with Crippen molar-refractivity contribution in [2.24, 2.45) is 0 Å². The number of rotatable bonds is 7. The lowest BCUT2D eigenvalue weighted by Crippen LogP contribution is -2.36. The Labute approximate surface area is 127 Å². The zero-order chi connectivity index (χ0) is 15.8. The summed E-state index contributed by atoms with van der Waals surface area (Å²) in [6, 6.07) is 8.00. The molecule has 3 N–H and O–H groups in total. The number of nitrogens with zero attached hydrogens (tertiary/aromatic N) is 1. The Morgan fingerprint density at radius 3 is 2.67 bits per heavy atom. The van der Waals surface area contributed by atoms with Gasteiger partial charge < -0.3 is 20.6 Å². The molecule has 5 heteroatoms. The molecule has 0 saturated heterocycles. The number of aliphatic hydroxyl groups excluding tert-OH is 1. The molecule has 0 fully saturated rings. The molecule has 2 amide bonds. The standard InChI is InChI=1S/C16H27N3O2/c1-12(2)19(4)15-9-5-8-14(11-15)18-16(21)17-13(3)7-6-10-20/h5,8-9,11-13,20H,6-7,10H2,1-4H3,(H2,17,18,21). The van der Waals surface area contributed by atoms with Gasteiger partial charge in [-0.3, -0.25) is 0 Å². The lowest BCUT2D eigenvalue weighted by atomic mass is 10.2. The number of anilines is 2. The third-order valence-electron chi connectivity index (χ3n) is 3.46. The summed E-state index contributed by atoms with van der Waals surface area (Å²) in [5, 5.41) is 14.5. The van der Waals surface area contributed by atoms with E-state index in [2.05, 4.69) is 29.4 Å². The molecule has 0 saturated carbocycles. The highest BCUT2D eigenvalue weighted by atomic mass is 16.3. The van der Waals surface area contributed by atoms with Crippen LogP contribution in [0.2, 0.25) is 0 Å². The topological polar surface area (TPSA) is 64.6 Å². The van der Waals surface area contributed by atoms with Gasteiger partial charge in [0.15, 0.2) is 0 Å². The van der Waals surface area contributed by atoms with Crippen molar-refractivity contribution in [3.05, 3.63) is 24.3 Å². The average Bonchev–Trinajstić information content (AvgIpc) is 2.44. The average molecular weight is 293 g/mol. The van der Waals surface area contributed by atoms with Gasteiger partial charge in [0, 0.05) is 37.1 Å². The summed E-state index contributed by atoms with van der Waals surface area (Å²) in [6.07, 6.45) is 1.45. The molecule has 1 rings (SSSR count). The minimum Gasteiger partial charge on any atom is -0.396 e. The smallest absolute Gasteiger partial charge is 0.319 e. The first-order valence-electron chi connectivity index (χ1n) is 7.45. The van der Waals surface area contributed by atoms with E-state index in [1.165, 1.54) is 0 Å². The molecule has 118 valence electrons. The van der Waals surface area contributed by atoms with Gasteiger partial charge in [-0.25, -0.2) is 4.79 Å². The van der Waals surface area contributed by atoms with E-state index in [0.29, 0.717) is 12.5 Å². The Hall–Kier alpha value is -1.75. The molecular formula is C16H27N3O2. The highest BCUT2D eigenvalue weighted by Gasteiger charge is 2.09. The van der Waals surface area contributed by atoms with Gasteiger partial charge in [-0.1, -0.05) is 6.07 Å². The van der Waals surface area contributed by atoms with Crippen LogP contribution >= 0.6 is 0 Å². The minimum atomic E-state index is -0.218. The normalized spacial score (nSPS) is 12.1. The summed E-state index contributed by atoms with van der Waals surface area (Å²) in [5.41, 5.74) is 1.84. The van der Waals surface area contributed by atoms with Crippen LogP contribution in [0.5, 0.6) is 0 Å². The molecule has 0 aromatic heterocycles. The molecule has 0 heterocycles. The molecule has 1 aromatic rings. The lowest BCUT2D eigenvalue weighted by Gasteiger charge is -2.24. The Morgan fingerprint density at radius 1 is 1.33 bits per heavy atom. The molecule has 0 aliphatic rings. The number of amides is 2. The van der Waals surface area contributed by atoms with Crippen molar-refractivity contribution in [1.29, 1.82) is 0 Å². The van der Waals surface area contributed by atoms with Crippen LogP contribution in [-0.2, 0) is 0 Å². The maximum Gasteiger partial charge on any atom is 0.319 e. The zero-order valence-electron chi connectivity index (χ0n) is 13.4. The Bertz CT molecular complexity index is 449. The van der Waals surface area contributed by atoms with Crippen molar-refractivity contribution in [3.63, 3.8) is 0 Å². The number of nitrogens with one attached hydrogen (secondary N) is 2. The van der Waals surface area contributed by atoms with Gasteiger partial charge in [-0.05, 0) is 51.8 Å². The molecule has 21 heavy (non-hydrogen) atoms. The van der Waals surface area contributed by atoms with Gasteiger partial charge in [0.2, 0.25) is 0 Å². The van der Waals surface area contributed by atoms with Gasteiger partial charge >= 0.3 is 6.03 Å². The number of benzene rings is 1. The summed E-state index contributed by atoms with van der Waals surface area (Å²) in [6.45, 7) is 6.32. The van der Waals surface area contributed by atoms with Crippen LogP contribution in [0.15, 0.2) is 24.3 Å². The zero-order valence-corrected chi connectivity index (χ0v) is 13.4. The third-order valence-corrected chi connectivity index (χ3v) is 3.46. The summed E-state index contributed by atoms with van der Waals surface area (Å²) >= 11 is 0. The quantitative estimate of drug-likeness (QED) is 0.724. The van der Waals surface area contributed by atoms with Crippen LogP contribution in [0.25, 0.3) is 0 Å². The lowest BCUT2D eigenvalue weighted by molar-refractivity contribution is 0.245. The van der Waals surface area contributed by atoms with Gasteiger partial charge in [-0.15, -0.1) is 0 Å². The van der Waals surface area contributed by atoms with Crippen molar-refractivity contribution in [3.8, 4) is 0 Å². The largest absolute Gasteiger partial charge is 0.396 e. The van der Waals surface area contributed by atoms with E-state index in [4.69, 9.17) is 5.11 Å². The third kappa shape index (κ3) is 6.04. The summed E-state index contributed by atoms with van der Waals surface area (Å²) < 4.78 is 0. The highest BCUT2D eigenvalue weighted by molar-refractivity contribution is 5.90. The van der Waals surface area contributed by atoms with E-state index in [1.807, 2.05) is 38.2 Å². The van der Waals surface area contributed by atoms with E-state index in [-0.39, 0.29) is 18.7 Å². The summed E-state index contributed by atoms with van der Waals surface area (Å²) in [5.74, 6) is 0. The number of aliphatic hydroxyl groups is 1. The van der Waals surface area contributed by atoms with Crippen molar-refractivity contribution in [2.75, 3.05) is 23.9 Å². The first-order chi connectivity index (χ1) is 9.93. The molecule has 0 bridgehead atoms. The second kappa shape index (κ2) is 8.52. The predicted molar refractivity (Wildman–Crippen MR) is 87.9 cm³/mol. The van der Waals surface area contributed by atoms with Gasteiger partial charge in [0.1, 0.15) is 0 Å². The van der Waals surface area contributed by atoms with E-state index in [1.54, 1.807) is 0 Å². The first-order valence-corrected chi connectivity index (χ1v) is 7.45. The van der Waals surface area contributed by atoms with Gasteiger partial charge in [-0.2, -0.15) is 0 Å². The molecule has 1 unspecified atom stereocenters. The Balaban J connectivity index is 2.58. The maximum absolute atomic E-state index is 11.9. The van der Waals surface area contributed by atoms with Crippen molar-refractivity contribution in [1.82, 2.24) is 5.32 Å². The second-order valence-electron chi connectivity index (χ2n) is 5.62. The summed E-state index contributed by atoms with van der Waals surface area (Å²) in [4.78, 5) is 14.0. The van der Waals surface area contributed by atoms with E-state index in [9.17, 15) is 4.79 Å². The van der Waals surface area contributed by atoms with E-state index < -0.39 is 0 Å². The van der Waals surface area contributed by atoms with E-state index in [0.717, 1.165) is 17.8 Å². The molecule has 5 nitrogen and oxygen atoms in total. The summed E-state index contributed by atoms with van der Waals surface area (Å²) in [7, 11) is 2.03. The van der Waals surface area contributed by atoms with E-state index >= 15 is 0 Å². The molecule has 0 radical (unpaired) electrons. The molecule has 0 aliphatic carbocycles. The fraction of sp³-hybridized carbons (Fsp3) is 0.562. The maximum atomic E-state index is 11.9. The predicted octanol–water partition coefficient (Wildman–Crippen LogP) is 2.81. The second-order valence-corrected chi connectivity index (χ2v) is 5.62. The fourth-order valence-electron chi connectivity index (χ4n) is 1.96. The molecule has 0 aliphatic heterocycles. The molecule has 1 aromatic carbocycles. The van der Waals surface area contributed by atoms with Gasteiger partial charge in [0.05, 0.1) is 0 Å². The number of urea groups is 1. The molecule has 0 spiro atoms. The van der Waals surface area contributed by atoms with Gasteiger partial charge in [0.25, 0.3) is 0 Å². The SMILES string of the molecule is CC(CCCO)NC(=O)Nc1cccc(N(C)C(C)C)c1. The van der Waals surface area contributed by atoms with Crippen molar-refractivity contribution < 1.29 is 9.90 Å². The Morgan fingerprint density at radius 2 is 2.05 bits per heavy atom. The monoisotopic (exact) mass is 293 g/mol. The van der Waals surface area contributed by atoms with Crippen molar-refractivity contribution >= 4 is 17.4 Å². The van der Waals surface area contributed by atoms with Crippen LogP contribution in [-0.4, -0.2) is 36.9 Å². The number of hydrogen-bond donors (Lipinski definition) is 3. The molecule has 1 atom stereocenters. The first kappa shape index (κ1) is 17.3. The van der Waals surface area contributed by atoms with Crippen LogP contribution in [0, 0.1) is 0 Å². The number of hydrogen-bond acceptors (Lipinski definition) is 3. The Kier molecular flexibility index (Phi) is 7.02. The molecular weight excluding hydrogens is 266 g/mol. The number of carbonyl (C=O) groups is 1. The van der Waals surface area contributed by atoms with Crippen LogP contribution in [0.1, 0.15) is 33.6 Å².